The Morgan fingerprint density at radius 3 is 1.23 bits per heavy atom. The highest BCUT2D eigenvalue weighted by Crippen LogP contribution is 2.61. The van der Waals surface area contributed by atoms with E-state index in [-0.39, 0.29) is 10.9 Å². The summed E-state index contributed by atoms with van der Waals surface area (Å²) in [5, 5.41) is 6.60. The van der Waals surface area contributed by atoms with Crippen LogP contribution in [0.3, 0.4) is 0 Å². The quantitative estimate of drug-likeness (QED) is 0.0846. The molecule has 0 aromatic heterocycles. The Balaban J connectivity index is 1.52. The molecule has 0 radical (unpaired) electrons. The fourth-order valence-electron chi connectivity index (χ4n) is 6.65. The predicted molar refractivity (Wildman–Crippen MR) is 189 cm³/mol. The normalized spacial score (nSPS) is 13.0. The minimum Gasteiger partial charge on any atom is -0.407 e. The van der Waals surface area contributed by atoms with Gasteiger partial charge in [0.15, 0.2) is 5.85 Å². The first-order valence-corrected chi connectivity index (χ1v) is 19.0. The molecule has 0 aliphatic heterocycles. The third-order valence-corrected chi connectivity index (χ3v) is 18.2. The van der Waals surface area contributed by atoms with Crippen LogP contribution in [0.5, 0.6) is 0 Å². The van der Waals surface area contributed by atoms with E-state index in [9.17, 15) is 0 Å². The molecular weight excluding hydrogens is 559 g/mol. The molecule has 4 heteroatoms. The predicted octanol–water partition coefficient (Wildman–Crippen LogP) is 7.31. The highest BCUT2D eigenvalue weighted by atomic mass is 31.2. The number of hydrogen-bond donors (Lipinski definition) is 0. The molecule has 0 saturated carbocycles. The van der Waals surface area contributed by atoms with Gasteiger partial charge in [0.25, 0.3) is 8.32 Å². The molecule has 220 valence electrons. The van der Waals surface area contributed by atoms with Gasteiger partial charge in [-0.05, 0) is 58.2 Å². The number of methoxy groups -OCH3 is 1. The number of benzene rings is 5. The monoisotopic (exact) mass is 603 g/mol. The summed E-state index contributed by atoms with van der Waals surface area (Å²) >= 11 is 0. The van der Waals surface area contributed by atoms with Gasteiger partial charge in [-0.25, -0.2) is 0 Å². The highest BCUT2D eigenvalue weighted by molar-refractivity contribution is 7.96. The fraction of sp³-hybridized carbons (Fsp3) is 0.231. The van der Waals surface area contributed by atoms with Gasteiger partial charge >= 0.3 is 0 Å². The Morgan fingerprint density at radius 2 is 0.907 bits per heavy atom. The third kappa shape index (κ3) is 6.19. The second kappa shape index (κ2) is 14.0. The molecule has 0 spiro atoms. The summed E-state index contributed by atoms with van der Waals surface area (Å²) < 4.78 is 13.8. The average Bonchev–Trinajstić information content (AvgIpc) is 3.06. The van der Waals surface area contributed by atoms with E-state index in [4.69, 9.17) is 9.16 Å². The minimum atomic E-state index is -2.60. The SMILES string of the molecule is COC(CCCO[Si](c1ccccc1)(c1ccccc1)C(C)(C)C)[P+](c1ccccc1)(c1ccccc1)c1ccccc1. The van der Waals surface area contributed by atoms with Crippen molar-refractivity contribution in [1.82, 2.24) is 0 Å². The Kier molecular flexibility index (Phi) is 10.1. The Morgan fingerprint density at radius 1 is 0.558 bits per heavy atom. The lowest BCUT2D eigenvalue weighted by Gasteiger charge is -2.43. The standard InChI is InChI=1S/C39H44O2PSi/c1-39(2,3)43(36-27-16-8-17-28-36,37-29-18-9-19-30-37)41-32-20-31-38(40-4)42(33-21-10-5-11-22-33,34-23-12-6-13-24-34)35-25-14-7-15-26-35/h5-19,21-30,38H,20,31-32H2,1-4H3/q+1. The number of ether oxygens (including phenoxy) is 1. The number of rotatable bonds is 12. The molecule has 0 bridgehead atoms. The molecule has 0 heterocycles. The van der Waals surface area contributed by atoms with Crippen LogP contribution < -0.4 is 26.3 Å². The first-order valence-electron chi connectivity index (χ1n) is 15.3. The van der Waals surface area contributed by atoms with Gasteiger partial charge in [-0.1, -0.05) is 136 Å². The van der Waals surface area contributed by atoms with Crippen LogP contribution in [0.25, 0.3) is 0 Å². The van der Waals surface area contributed by atoms with Crippen molar-refractivity contribution in [1.29, 1.82) is 0 Å². The second-order valence-electron chi connectivity index (χ2n) is 12.1. The first kappa shape index (κ1) is 31.1. The van der Waals surface area contributed by atoms with Gasteiger partial charge in [-0.3, -0.25) is 0 Å². The van der Waals surface area contributed by atoms with Crippen molar-refractivity contribution >= 4 is 41.9 Å². The van der Waals surface area contributed by atoms with Crippen molar-refractivity contribution < 1.29 is 9.16 Å². The lowest BCUT2D eigenvalue weighted by atomic mass is 10.2. The summed E-state index contributed by atoms with van der Waals surface area (Å²) in [5.74, 6) is 0.00227. The molecule has 43 heavy (non-hydrogen) atoms. The summed E-state index contributed by atoms with van der Waals surface area (Å²) in [5.41, 5.74) is 0. The van der Waals surface area contributed by atoms with Gasteiger partial charge < -0.3 is 9.16 Å². The molecule has 5 aromatic rings. The summed E-state index contributed by atoms with van der Waals surface area (Å²) in [4.78, 5) is 0. The molecule has 1 unspecified atom stereocenters. The van der Waals surface area contributed by atoms with Crippen LogP contribution in [-0.4, -0.2) is 27.9 Å². The van der Waals surface area contributed by atoms with Gasteiger partial charge in [0.05, 0.1) is 0 Å². The van der Waals surface area contributed by atoms with E-state index in [0.717, 1.165) is 12.8 Å². The lowest BCUT2D eigenvalue weighted by molar-refractivity contribution is 0.151. The van der Waals surface area contributed by atoms with Gasteiger partial charge in [0, 0.05) is 20.1 Å². The summed E-state index contributed by atoms with van der Waals surface area (Å²) in [6, 6.07) is 54.9. The first-order chi connectivity index (χ1) is 20.9. The molecule has 0 amide bonds. The van der Waals surface area contributed by atoms with Crippen molar-refractivity contribution in [3.05, 3.63) is 152 Å². The van der Waals surface area contributed by atoms with E-state index in [1.54, 1.807) is 0 Å². The third-order valence-electron chi connectivity index (χ3n) is 8.53. The van der Waals surface area contributed by atoms with E-state index < -0.39 is 15.6 Å². The molecule has 5 rings (SSSR count). The van der Waals surface area contributed by atoms with Gasteiger partial charge in [0.1, 0.15) is 23.2 Å². The maximum atomic E-state index is 7.29. The van der Waals surface area contributed by atoms with Crippen LogP contribution in [0.2, 0.25) is 5.04 Å². The smallest absolute Gasteiger partial charge is 0.261 e. The maximum Gasteiger partial charge on any atom is 0.261 e. The van der Waals surface area contributed by atoms with Gasteiger partial charge in [-0.15, -0.1) is 0 Å². The topological polar surface area (TPSA) is 18.5 Å². The Labute approximate surface area is 260 Å². The Hall–Kier alpha value is -3.33. The van der Waals surface area contributed by atoms with Crippen LogP contribution in [0.1, 0.15) is 33.6 Å². The summed E-state index contributed by atoms with van der Waals surface area (Å²) in [7, 11) is -2.87. The van der Waals surface area contributed by atoms with Crippen LogP contribution >= 0.6 is 7.26 Å². The molecule has 0 saturated heterocycles. The van der Waals surface area contributed by atoms with E-state index in [1.165, 1.54) is 26.3 Å². The van der Waals surface area contributed by atoms with Crippen molar-refractivity contribution in [2.75, 3.05) is 13.7 Å². The van der Waals surface area contributed by atoms with E-state index >= 15 is 0 Å². The zero-order chi connectivity index (χ0) is 30.2. The van der Waals surface area contributed by atoms with E-state index in [0.29, 0.717) is 6.61 Å². The van der Waals surface area contributed by atoms with Crippen LogP contribution in [0, 0.1) is 0 Å². The van der Waals surface area contributed by atoms with Crippen molar-refractivity contribution in [2.24, 2.45) is 0 Å². The van der Waals surface area contributed by atoms with Crippen molar-refractivity contribution in [3.8, 4) is 0 Å². The van der Waals surface area contributed by atoms with Gasteiger partial charge in [0.2, 0.25) is 0 Å². The fourth-order valence-corrected chi connectivity index (χ4v) is 16.0. The highest BCUT2D eigenvalue weighted by Gasteiger charge is 2.53. The lowest BCUT2D eigenvalue weighted by Crippen LogP contribution is -2.66. The van der Waals surface area contributed by atoms with Crippen molar-refractivity contribution in [2.45, 2.75) is 44.5 Å². The molecular formula is C39H44O2PSi+. The molecule has 0 aliphatic carbocycles. The molecule has 0 N–H and O–H groups in total. The van der Waals surface area contributed by atoms with Gasteiger partial charge in [-0.2, -0.15) is 0 Å². The number of hydrogen-bond acceptors (Lipinski definition) is 2. The molecule has 0 fully saturated rings. The maximum absolute atomic E-state index is 7.29. The minimum absolute atomic E-state index is 0.00227. The molecule has 5 aromatic carbocycles. The van der Waals surface area contributed by atoms with E-state index in [1.807, 2.05) is 7.11 Å². The second-order valence-corrected chi connectivity index (χ2v) is 19.9. The molecule has 1 atom stereocenters. The van der Waals surface area contributed by atoms with Crippen LogP contribution in [-0.2, 0) is 9.16 Å². The largest absolute Gasteiger partial charge is 0.407 e. The molecule has 2 nitrogen and oxygen atoms in total. The summed E-state index contributed by atoms with van der Waals surface area (Å²) in [6.45, 7) is 7.70. The van der Waals surface area contributed by atoms with Crippen molar-refractivity contribution in [3.63, 3.8) is 0 Å². The van der Waals surface area contributed by atoms with Crippen LogP contribution in [0.4, 0.5) is 0 Å². The zero-order valence-electron chi connectivity index (χ0n) is 25.9. The molecule has 0 aliphatic rings. The zero-order valence-corrected chi connectivity index (χ0v) is 27.8. The van der Waals surface area contributed by atoms with Crippen LogP contribution in [0.15, 0.2) is 152 Å². The average molecular weight is 604 g/mol. The Bertz CT molecular complexity index is 1390. The van der Waals surface area contributed by atoms with E-state index in [2.05, 4.69) is 172 Å². The summed E-state index contributed by atoms with van der Waals surface area (Å²) in [6.07, 6.45) is 1.79.